The first kappa shape index (κ1) is 14.7. The van der Waals surface area contributed by atoms with Crippen molar-refractivity contribution < 1.29 is 14.7 Å². The maximum absolute atomic E-state index is 12.1. The number of carbonyl (C=O) groups excluding carboxylic acids is 1. The highest BCUT2D eigenvalue weighted by atomic mass is 16.4. The molecule has 0 aliphatic heterocycles. The van der Waals surface area contributed by atoms with Gasteiger partial charge in [0.1, 0.15) is 6.04 Å². The van der Waals surface area contributed by atoms with Gasteiger partial charge in [-0.1, -0.05) is 30.3 Å². The number of carbonyl (C=O) groups is 2. The zero-order chi connectivity index (χ0) is 15.4. The van der Waals surface area contributed by atoms with Gasteiger partial charge in [0.25, 0.3) is 0 Å². The minimum Gasteiger partial charge on any atom is -0.479 e. The Morgan fingerprint density at radius 2 is 1.95 bits per heavy atom. The molecule has 2 aromatic rings. The Hall–Kier alpha value is -2.67. The number of benzene rings is 1. The van der Waals surface area contributed by atoms with E-state index in [-0.39, 0.29) is 0 Å². The Balaban J connectivity index is 2.14. The van der Waals surface area contributed by atoms with Crippen LogP contribution in [-0.2, 0) is 16.6 Å². The number of hydrogen-bond acceptors (Lipinski definition) is 4. The molecule has 2 rings (SSSR count). The lowest BCUT2D eigenvalue weighted by Crippen LogP contribution is -2.39. The maximum atomic E-state index is 12.1. The van der Waals surface area contributed by atoms with Crippen LogP contribution in [0.3, 0.4) is 0 Å². The number of carboxylic acid groups (broad SMARTS) is 1. The van der Waals surface area contributed by atoms with Crippen LogP contribution in [0.1, 0.15) is 23.2 Å². The summed E-state index contributed by atoms with van der Waals surface area (Å²) in [6.07, 6.45) is 3.09. The molecule has 7 heteroatoms. The van der Waals surface area contributed by atoms with Gasteiger partial charge < -0.3 is 16.2 Å². The zero-order valence-electron chi connectivity index (χ0n) is 11.4. The molecule has 0 saturated carbocycles. The van der Waals surface area contributed by atoms with Gasteiger partial charge in [0.2, 0.25) is 5.91 Å². The third kappa shape index (κ3) is 3.46. The zero-order valence-corrected chi connectivity index (χ0v) is 11.4. The SMILES string of the molecule is Cn1cc(C(N)C(=O)NC(C(=O)O)c2ccccc2)cn1. The fourth-order valence-corrected chi connectivity index (χ4v) is 1.92. The van der Waals surface area contributed by atoms with Crippen molar-refractivity contribution in [1.29, 1.82) is 0 Å². The summed E-state index contributed by atoms with van der Waals surface area (Å²) in [6.45, 7) is 0. The van der Waals surface area contributed by atoms with Crippen LogP contribution >= 0.6 is 0 Å². The first-order valence-corrected chi connectivity index (χ1v) is 6.31. The van der Waals surface area contributed by atoms with E-state index in [1.807, 2.05) is 0 Å². The highest BCUT2D eigenvalue weighted by molar-refractivity contribution is 5.88. The number of rotatable bonds is 5. The normalized spacial score (nSPS) is 13.4. The van der Waals surface area contributed by atoms with Crippen LogP contribution < -0.4 is 11.1 Å². The molecular weight excluding hydrogens is 272 g/mol. The highest BCUT2D eigenvalue weighted by Gasteiger charge is 2.25. The average molecular weight is 288 g/mol. The second kappa shape index (κ2) is 6.19. The lowest BCUT2D eigenvalue weighted by atomic mass is 10.1. The molecule has 1 amide bonds. The molecule has 0 radical (unpaired) electrons. The summed E-state index contributed by atoms with van der Waals surface area (Å²) in [6, 6.07) is 6.34. The summed E-state index contributed by atoms with van der Waals surface area (Å²) in [7, 11) is 1.71. The van der Waals surface area contributed by atoms with E-state index >= 15 is 0 Å². The first-order chi connectivity index (χ1) is 9.99. The van der Waals surface area contributed by atoms with E-state index in [2.05, 4.69) is 10.4 Å². The summed E-state index contributed by atoms with van der Waals surface area (Å²) in [5.41, 5.74) is 6.82. The van der Waals surface area contributed by atoms with Crippen molar-refractivity contribution in [2.24, 2.45) is 12.8 Å². The number of nitrogens with zero attached hydrogens (tertiary/aromatic N) is 2. The smallest absolute Gasteiger partial charge is 0.330 e. The van der Waals surface area contributed by atoms with Crippen LogP contribution in [0.2, 0.25) is 0 Å². The third-order valence-corrected chi connectivity index (χ3v) is 3.03. The van der Waals surface area contributed by atoms with Gasteiger partial charge in [-0.05, 0) is 5.56 Å². The molecule has 0 aliphatic rings. The predicted octanol–water partition coefficient (Wildman–Crippen LogP) is 0.362. The maximum Gasteiger partial charge on any atom is 0.330 e. The van der Waals surface area contributed by atoms with Gasteiger partial charge in [0.05, 0.1) is 6.20 Å². The highest BCUT2D eigenvalue weighted by Crippen LogP contribution is 2.15. The molecule has 0 bridgehead atoms. The number of nitrogens with one attached hydrogen (secondary N) is 1. The van der Waals surface area contributed by atoms with Gasteiger partial charge in [-0.25, -0.2) is 4.79 Å². The number of aryl methyl sites for hydroxylation is 1. The molecule has 4 N–H and O–H groups in total. The van der Waals surface area contributed by atoms with Crippen LogP contribution in [0.5, 0.6) is 0 Å². The minimum absolute atomic E-state index is 0.483. The molecule has 1 aromatic carbocycles. The molecule has 2 atom stereocenters. The van der Waals surface area contributed by atoms with Crippen molar-refractivity contribution >= 4 is 11.9 Å². The number of carboxylic acids is 1. The molecule has 1 heterocycles. The fraction of sp³-hybridized carbons (Fsp3) is 0.214. The third-order valence-electron chi connectivity index (χ3n) is 3.03. The van der Waals surface area contributed by atoms with E-state index < -0.39 is 24.0 Å². The minimum atomic E-state index is -1.15. The molecule has 0 aliphatic carbocycles. The number of aromatic nitrogens is 2. The lowest BCUT2D eigenvalue weighted by Gasteiger charge is -2.17. The number of amides is 1. The summed E-state index contributed by atoms with van der Waals surface area (Å²) < 4.78 is 1.52. The first-order valence-electron chi connectivity index (χ1n) is 6.31. The average Bonchev–Trinajstić information content (AvgIpc) is 2.90. The largest absolute Gasteiger partial charge is 0.479 e. The Morgan fingerprint density at radius 3 is 2.48 bits per heavy atom. The van der Waals surface area contributed by atoms with Gasteiger partial charge >= 0.3 is 5.97 Å². The monoisotopic (exact) mass is 288 g/mol. The van der Waals surface area contributed by atoms with Crippen LogP contribution in [0.25, 0.3) is 0 Å². The van der Waals surface area contributed by atoms with Crippen molar-refractivity contribution in [3.8, 4) is 0 Å². The lowest BCUT2D eigenvalue weighted by molar-refractivity contribution is -0.142. The number of aliphatic carboxylic acids is 1. The van der Waals surface area contributed by atoms with E-state index in [9.17, 15) is 14.7 Å². The van der Waals surface area contributed by atoms with Gasteiger partial charge in [-0.3, -0.25) is 9.48 Å². The summed E-state index contributed by atoms with van der Waals surface area (Å²) in [5, 5.41) is 15.6. The summed E-state index contributed by atoms with van der Waals surface area (Å²) in [5.74, 6) is -1.72. The van der Waals surface area contributed by atoms with Crippen molar-refractivity contribution in [2.45, 2.75) is 12.1 Å². The van der Waals surface area contributed by atoms with Gasteiger partial charge in [0.15, 0.2) is 6.04 Å². The summed E-state index contributed by atoms with van der Waals surface area (Å²) in [4.78, 5) is 23.4. The van der Waals surface area contributed by atoms with Crippen LogP contribution in [0.15, 0.2) is 42.7 Å². The molecule has 1 aromatic heterocycles. The second-order valence-corrected chi connectivity index (χ2v) is 4.62. The molecule has 0 saturated heterocycles. The van der Waals surface area contributed by atoms with Gasteiger partial charge in [0, 0.05) is 18.8 Å². The molecule has 21 heavy (non-hydrogen) atoms. The summed E-state index contributed by atoms with van der Waals surface area (Å²) >= 11 is 0. The van der Waals surface area contributed by atoms with E-state index in [1.165, 1.54) is 10.9 Å². The van der Waals surface area contributed by atoms with Crippen LogP contribution in [0.4, 0.5) is 0 Å². The van der Waals surface area contributed by atoms with Crippen molar-refractivity contribution in [1.82, 2.24) is 15.1 Å². The van der Waals surface area contributed by atoms with E-state index in [4.69, 9.17) is 5.73 Å². The molecule has 7 nitrogen and oxygen atoms in total. The standard InChI is InChI=1S/C14H16N4O3/c1-18-8-10(7-16-18)11(15)13(19)17-12(14(20)21)9-5-3-2-4-6-9/h2-8,11-12H,15H2,1H3,(H,17,19)(H,20,21). The van der Waals surface area contributed by atoms with Gasteiger partial charge in [-0.2, -0.15) is 5.10 Å². The topological polar surface area (TPSA) is 110 Å². The molecule has 2 unspecified atom stereocenters. The molecule has 0 fully saturated rings. The van der Waals surface area contributed by atoms with Crippen LogP contribution in [-0.4, -0.2) is 26.8 Å². The van der Waals surface area contributed by atoms with Crippen molar-refractivity contribution in [3.05, 3.63) is 53.9 Å². The molecule has 110 valence electrons. The Kier molecular flexibility index (Phi) is 4.34. The van der Waals surface area contributed by atoms with E-state index in [0.717, 1.165) is 0 Å². The molecular formula is C14H16N4O3. The Bertz CT molecular complexity index is 639. The van der Waals surface area contributed by atoms with Crippen molar-refractivity contribution in [2.75, 3.05) is 0 Å². The predicted molar refractivity (Wildman–Crippen MR) is 75.1 cm³/mol. The van der Waals surface area contributed by atoms with Crippen LogP contribution in [0, 0.1) is 0 Å². The Labute approximate surface area is 121 Å². The molecule has 0 spiro atoms. The fourth-order valence-electron chi connectivity index (χ4n) is 1.92. The van der Waals surface area contributed by atoms with Gasteiger partial charge in [-0.15, -0.1) is 0 Å². The quantitative estimate of drug-likeness (QED) is 0.736. The number of nitrogens with two attached hydrogens (primary N) is 1. The number of hydrogen-bond donors (Lipinski definition) is 3. The Morgan fingerprint density at radius 1 is 1.29 bits per heavy atom. The second-order valence-electron chi connectivity index (χ2n) is 4.62. The van der Waals surface area contributed by atoms with E-state index in [1.54, 1.807) is 43.6 Å². The van der Waals surface area contributed by atoms with Crippen molar-refractivity contribution in [3.63, 3.8) is 0 Å². The van der Waals surface area contributed by atoms with E-state index in [0.29, 0.717) is 11.1 Å².